The molecule has 0 aromatic carbocycles. The van der Waals surface area contributed by atoms with Crippen LogP contribution in [0.15, 0.2) is 0 Å². The molecule has 0 saturated carbocycles. The van der Waals surface area contributed by atoms with E-state index in [1.807, 2.05) is 0 Å². The lowest BCUT2D eigenvalue weighted by molar-refractivity contribution is -0.141. The van der Waals surface area contributed by atoms with Crippen molar-refractivity contribution < 1.29 is 24.3 Å². The topological polar surface area (TPSA) is 165 Å². The van der Waals surface area contributed by atoms with Crippen LogP contribution in [0.3, 0.4) is 0 Å². The van der Waals surface area contributed by atoms with E-state index in [2.05, 4.69) is 23.3 Å². The number of carbonyl (C=O) groups excluding carboxylic acids is 3. The molecule has 0 aliphatic rings. The Kier molecular flexibility index (Phi) is 8.50. The zero-order chi connectivity index (χ0) is 17.4. The van der Waals surface area contributed by atoms with E-state index in [1.54, 1.807) is 13.8 Å². The highest BCUT2D eigenvalue weighted by Gasteiger charge is 2.29. The van der Waals surface area contributed by atoms with E-state index in [0.717, 1.165) is 0 Å². The Labute approximate surface area is 133 Å². The average molecular weight is 334 g/mol. The van der Waals surface area contributed by atoms with Crippen LogP contribution in [0, 0.1) is 5.92 Å². The maximum Gasteiger partial charge on any atom is 0.327 e. The van der Waals surface area contributed by atoms with Crippen LogP contribution in [0.25, 0.3) is 0 Å². The summed E-state index contributed by atoms with van der Waals surface area (Å²) in [6.07, 6.45) is -0.355. The van der Waals surface area contributed by atoms with Gasteiger partial charge >= 0.3 is 5.97 Å². The van der Waals surface area contributed by atoms with E-state index in [-0.39, 0.29) is 18.1 Å². The lowest BCUT2D eigenvalue weighted by atomic mass is 10.0. The Morgan fingerprint density at radius 1 is 1.14 bits per heavy atom. The van der Waals surface area contributed by atoms with Crippen molar-refractivity contribution in [3.8, 4) is 0 Å². The highest BCUT2D eigenvalue weighted by atomic mass is 32.1. The number of hydrogen-bond acceptors (Lipinski definition) is 6. The minimum Gasteiger partial charge on any atom is -0.480 e. The summed E-state index contributed by atoms with van der Waals surface area (Å²) in [6.45, 7) is 3.33. The molecule has 0 saturated heterocycles. The molecule has 0 spiro atoms. The third-order valence-corrected chi connectivity index (χ3v) is 3.17. The number of rotatable bonds is 9. The number of carboxylic acids is 1. The second kappa shape index (κ2) is 9.26. The second-order valence-electron chi connectivity index (χ2n) is 5.09. The maximum absolute atomic E-state index is 12.1. The van der Waals surface area contributed by atoms with Gasteiger partial charge in [0.1, 0.15) is 12.1 Å². The predicted octanol–water partition coefficient (Wildman–Crippen LogP) is -2.17. The summed E-state index contributed by atoms with van der Waals surface area (Å²) in [5.74, 6) is -3.78. The first-order valence-electron chi connectivity index (χ1n) is 6.58. The standard InChI is InChI=1S/C12H22N4O5S/c1-5(2)9(11(19)15-7(4-22)12(20)21)16-10(18)6(13)3-8(14)17/h5-7,9,22H,3-4,13H2,1-2H3,(H2,14,17)(H,15,19)(H,16,18)(H,20,21)/t6-,7-,9-/m0/s1. The summed E-state index contributed by atoms with van der Waals surface area (Å²) in [5, 5.41) is 13.5. The van der Waals surface area contributed by atoms with Crippen LogP contribution in [0.4, 0.5) is 0 Å². The summed E-state index contributed by atoms with van der Waals surface area (Å²) in [6, 6.07) is -3.34. The number of amides is 3. The van der Waals surface area contributed by atoms with Gasteiger partial charge in [0.2, 0.25) is 17.7 Å². The van der Waals surface area contributed by atoms with Crippen molar-refractivity contribution in [2.45, 2.75) is 38.4 Å². The van der Waals surface area contributed by atoms with E-state index in [4.69, 9.17) is 16.6 Å². The number of nitrogens with one attached hydrogen (secondary N) is 2. The Balaban J connectivity index is 4.85. The molecular weight excluding hydrogens is 312 g/mol. The van der Waals surface area contributed by atoms with Gasteiger partial charge < -0.3 is 27.2 Å². The molecule has 0 aliphatic carbocycles. The Hall–Kier alpha value is -1.81. The quantitative estimate of drug-likeness (QED) is 0.263. The van der Waals surface area contributed by atoms with Gasteiger partial charge in [-0.2, -0.15) is 12.6 Å². The third-order valence-electron chi connectivity index (χ3n) is 2.80. The van der Waals surface area contributed by atoms with Crippen LogP contribution in [-0.2, 0) is 19.2 Å². The normalized spacial score (nSPS) is 14.8. The molecule has 0 fully saturated rings. The Bertz CT molecular complexity index is 443. The first kappa shape index (κ1) is 20.2. The lowest BCUT2D eigenvalue weighted by Crippen LogP contribution is -2.57. The van der Waals surface area contributed by atoms with Gasteiger partial charge in [0.25, 0.3) is 0 Å². The third kappa shape index (κ3) is 6.76. The molecule has 9 nitrogen and oxygen atoms in total. The maximum atomic E-state index is 12.1. The minimum absolute atomic E-state index is 0.0962. The first-order chi connectivity index (χ1) is 10.1. The number of carboxylic acid groups (broad SMARTS) is 1. The molecule has 0 heterocycles. The molecule has 10 heteroatoms. The van der Waals surface area contributed by atoms with Crippen LogP contribution in [-0.4, -0.2) is 52.7 Å². The number of thiol groups is 1. The Morgan fingerprint density at radius 3 is 2.05 bits per heavy atom. The molecule has 0 aliphatic heterocycles. The summed E-state index contributed by atoms with van der Waals surface area (Å²) >= 11 is 3.84. The van der Waals surface area contributed by atoms with Crippen molar-refractivity contribution in [2.75, 3.05) is 5.75 Å². The summed E-state index contributed by atoms with van der Waals surface area (Å²) in [7, 11) is 0. The number of aliphatic carboxylic acids is 1. The Morgan fingerprint density at radius 2 is 1.68 bits per heavy atom. The van der Waals surface area contributed by atoms with E-state index in [1.165, 1.54) is 0 Å². The van der Waals surface area contributed by atoms with Gasteiger partial charge in [0.15, 0.2) is 0 Å². The molecular formula is C12H22N4O5S. The van der Waals surface area contributed by atoms with Crippen molar-refractivity contribution in [2.24, 2.45) is 17.4 Å². The van der Waals surface area contributed by atoms with Gasteiger partial charge in [-0.3, -0.25) is 14.4 Å². The first-order valence-corrected chi connectivity index (χ1v) is 7.21. The predicted molar refractivity (Wildman–Crippen MR) is 82.0 cm³/mol. The zero-order valence-electron chi connectivity index (χ0n) is 12.4. The van der Waals surface area contributed by atoms with Gasteiger partial charge in [-0.1, -0.05) is 13.8 Å². The molecule has 126 valence electrons. The molecule has 3 atom stereocenters. The molecule has 3 amide bonds. The van der Waals surface area contributed by atoms with Crippen LogP contribution >= 0.6 is 12.6 Å². The fourth-order valence-electron chi connectivity index (χ4n) is 1.55. The summed E-state index contributed by atoms with van der Waals surface area (Å²) < 4.78 is 0. The highest BCUT2D eigenvalue weighted by molar-refractivity contribution is 7.80. The van der Waals surface area contributed by atoms with Gasteiger partial charge in [-0.25, -0.2) is 4.79 Å². The number of primary amides is 1. The molecule has 0 unspecified atom stereocenters. The van der Waals surface area contributed by atoms with Crippen LogP contribution < -0.4 is 22.1 Å². The molecule has 0 aromatic rings. The summed E-state index contributed by atoms with van der Waals surface area (Å²) in [4.78, 5) is 45.5. The van der Waals surface area contributed by atoms with Gasteiger partial charge in [-0.05, 0) is 5.92 Å². The highest BCUT2D eigenvalue weighted by Crippen LogP contribution is 2.04. The van der Waals surface area contributed by atoms with E-state index >= 15 is 0 Å². The van der Waals surface area contributed by atoms with Crippen LogP contribution in [0.2, 0.25) is 0 Å². The minimum atomic E-state index is -1.23. The summed E-state index contributed by atoms with van der Waals surface area (Å²) in [5.41, 5.74) is 10.4. The molecule has 0 aromatic heterocycles. The molecule has 0 rings (SSSR count). The van der Waals surface area contributed by atoms with E-state index in [0.29, 0.717) is 0 Å². The zero-order valence-corrected chi connectivity index (χ0v) is 13.3. The van der Waals surface area contributed by atoms with Crippen molar-refractivity contribution in [3.63, 3.8) is 0 Å². The molecule has 0 radical (unpaired) electrons. The molecule has 22 heavy (non-hydrogen) atoms. The van der Waals surface area contributed by atoms with Gasteiger partial charge in [0.05, 0.1) is 12.5 Å². The van der Waals surface area contributed by atoms with E-state index < -0.39 is 41.8 Å². The van der Waals surface area contributed by atoms with Crippen LogP contribution in [0.1, 0.15) is 20.3 Å². The smallest absolute Gasteiger partial charge is 0.327 e. The van der Waals surface area contributed by atoms with Crippen molar-refractivity contribution in [1.82, 2.24) is 10.6 Å². The lowest BCUT2D eigenvalue weighted by Gasteiger charge is -2.24. The fourth-order valence-corrected chi connectivity index (χ4v) is 1.80. The monoisotopic (exact) mass is 334 g/mol. The largest absolute Gasteiger partial charge is 0.480 e. The fraction of sp³-hybridized carbons (Fsp3) is 0.667. The van der Waals surface area contributed by atoms with Crippen LogP contribution in [0.5, 0.6) is 0 Å². The number of hydrogen-bond donors (Lipinski definition) is 6. The van der Waals surface area contributed by atoms with E-state index in [9.17, 15) is 19.2 Å². The molecule has 7 N–H and O–H groups in total. The number of carbonyl (C=O) groups is 4. The van der Waals surface area contributed by atoms with Crippen molar-refractivity contribution >= 4 is 36.3 Å². The average Bonchev–Trinajstić information content (AvgIpc) is 2.39. The van der Waals surface area contributed by atoms with Gasteiger partial charge in [0, 0.05) is 5.75 Å². The molecule has 0 bridgehead atoms. The van der Waals surface area contributed by atoms with Gasteiger partial charge in [-0.15, -0.1) is 0 Å². The van der Waals surface area contributed by atoms with Crippen molar-refractivity contribution in [1.29, 1.82) is 0 Å². The SMILES string of the molecule is CC(C)[C@H](NC(=O)[C@@H](N)CC(N)=O)C(=O)N[C@@H](CS)C(=O)O. The van der Waals surface area contributed by atoms with Crippen molar-refractivity contribution in [3.05, 3.63) is 0 Å². The second-order valence-corrected chi connectivity index (χ2v) is 5.45. The number of nitrogens with two attached hydrogens (primary N) is 2.